The number of carbonyl (C=O) groups excluding carboxylic acids is 3. The Bertz CT molecular complexity index is 814. The molecule has 1 aliphatic rings. The van der Waals surface area contributed by atoms with Gasteiger partial charge in [0.05, 0.1) is 14.2 Å². The maximum atomic E-state index is 12.5. The molecule has 2 N–H and O–H groups in total. The molecule has 0 unspecified atom stereocenters. The highest BCUT2D eigenvalue weighted by atomic mass is 16.5. The number of primary amides is 1. The summed E-state index contributed by atoms with van der Waals surface area (Å²) in [5, 5.41) is 0. The number of rotatable bonds is 9. The number of carbonyl (C=O) groups is 3. The second kappa shape index (κ2) is 13.1. The molecule has 0 radical (unpaired) electrons. The summed E-state index contributed by atoms with van der Waals surface area (Å²) < 4.78 is 14.6. The molecule has 0 spiro atoms. The highest BCUT2D eigenvalue weighted by molar-refractivity contribution is 6.23. The normalized spacial score (nSPS) is 13.3. The van der Waals surface area contributed by atoms with E-state index in [-0.39, 0.29) is 29.7 Å². The molecule has 0 fully saturated rings. The standard InChI is InChI=1S/C22H27NO6/c1-16-17(19(25)21(28-3)20(27-2)18(16)24)14-12-10-8-6-4-5-7-9-11-13-15-29-22(23)26/h5,7-10,12,14-15H2,1-3H3,(H2,23,26). The molecule has 0 atom stereocenters. The average molecular weight is 401 g/mol. The fourth-order valence-electron chi connectivity index (χ4n) is 2.70. The minimum atomic E-state index is -0.827. The first-order chi connectivity index (χ1) is 13.9. The molecular weight excluding hydrogens is 374 g/mol. The summed E-state index contributed by atoms with van der Waals surface area (Å²) in [5.41, 5.74) is 5.72. The van der Waals surface area contributed by atoms with Crippen molar-refractivity contribution in [3.05, 3.63) is 22.7 Å². The SMILES string of the molecule is COC1=C(OC)C(=O)C(CCCCC#CCCCC#CCOC(N)=O)=C(C)C1=O. The van der Waals surface area contributed by atoms with Gasteiger partial charge in [-0.1, -0.05) is 11.8 Å². The Kier molecular flexibility index (Phi) is 10.7. The number of hydrogen-bond donors (Lipinski definition) is 1. The van der Waals surface area contributed by atoms with Gasteiger partial charge in [0.2, 0.25) is 23.1 Å². The minimum Gasteiger partial charge on any atom is -0.489 e. The van der Waals surface area contributed by atoms with E-state index in [1.165, 1.54) is 14.2 Å². The van der Waals surface area contributed by atoms with Crippen LogP contribution in [0.2, 0.25) is 0 Å². The van der Waals surface area contributed by atoms with E-state index in [2.05, 4.69) is 28.4 Å². The van der Waals surface area contributed by atoms with Gasteiger partial charge < -0.3 is 19.9 Å². The molecule has 29 heavy (non-hydrogen) atoms. The van der Waals surface area contributed by atoms with Gasteiger partial charge in [0, 0.05) is 30.4 Å². The van der Waals surface area contributed by atoms with Crippen molar-refractivity contribution < 1.29 is 28.6 Å². The molecule has 0 aromatic rings. The molecule has 156 valence electrons. The number of hydrogen-bond acceptors (Lipinski definition) is 6. The molecule has 0 aliphatic heterocycles. The van der Waals surface area contributed by atoms with E-state index in [0.717, 1.165) is 32.1 Å². The van der Waals surface area contributed by atoms with Crippen LogP contribution in [0.15, 0.2) is 22.7 Å². The van der Waals surface area contributed by atoms with Crippen LogP contribution in [0.5, 0.6) is 0 Å². The van der Waals surface area contributed by atoms with Gasteiger partial charge in [-0.05, 0) is 32.6 Å². The highest BCUT2D eigenvalue weighted by Gasteiger charge is 2.34. The first kappa shape index (κ1) is 23.8. The zero-order valence-electron chi connectivity index (χ0n) is 17.2. The predicted molar refractivity (Wildman–Crippen MR) is 107 cm³/mol. The molecule has 0 heterocycles. The number of allylic oxidation sites excluding steroid dienone is 2. The fourth-order valence-corrected chi connectivity index (χ4v) is 2.70. The second-order valence-corrected chi connectivity index (χ2v) is 6.20. The molecular formula is C22H27NO6. The lowest BCUT2D eigenvalue weighted by atomic mass is 9.89. The number of nitrogens with two attached hydrogens (primary N) is 1. The number of Topliss-reactive ketones (excluding diaryl/α,β-unsaturated/α-hetero) is 2. The van der Waals surface area contributed by atoms with E-state index in [9.17, 15) is 14.4 Å². The largest absolute Gasteiger partial charge is 0.489 e. The van der Waals surface area contributed by atoms with Gasteiger partial charge in [0.15, 0.2) is 6.61 Å². The minimum absolute atomic E-state index is 0.0134. The van der Waals surface area contributed by atoms with E-state index in [4.69, 9.17) is 15.2 Å². The monoisotopic (exact) mass is 401 g/mol. The Morgan fingerprint density at radius 3 is 2.00 bits per heavy atom. The maximum absolute atomic E-state index is 12.5. The molecule has 0 saturated carbocycles. The van der Waals surface area contributed by atoms with Crippen molar-refractivity contribution in [3.63, 3.8) is 0 Å². The van der Waals surface area contributed by atoms with Crippen LogP contribution in [-0.4, -0.2) is 38.5 Å². The Morgan fingerprint density at radius 1 is 0.862 bits per heavy atom. The summed E-state index contributed by atoms with van der Waals surface area (Å²) in [6.07, 6.45) is 4.25. The van der Waals surface area contributed by atoms with Crippen molar-refractivity contribution in [2.45, 2.75) is 51.9 Å². The smallest absolute Gasteiger partial charge is 0.405 e. The summed E-state index contributed by atoms with van der Waals surface area (Å²) in [7, 11) is 2.70. The molecule has 7 nitrogen and oxygen atoms in total. The summed E-state index contributed by atoms with van der Waals surface area (Å²) in [4.78, 5) is 35.1. The van der Waals surface area contributed by atoms with Crippen LogP contribution in [0.1, 0.15) is 51.9 Å². The Hall–Kier alpha value is -3.19. The molecule has 1 amide bonds. The topological polar surface area (TPSA) is 105 Å². The van der Waals surface area contributed by atoms with Crippen LogP contribution in [0.3, 0.4) is 0 Å². The van der Waals surface area contributed by atoms with Gasteiger partial charge >= 0.3 is 6.09 Å². The van der Waals surface area contributed by atoms with Crippen molar-refractivity contribution in [3.8, 4) is 23.7 Å². The van der Waals surface area contributed by atoms with Crippen LogP contribution in [0, 0.1) is 23.7 Å². The summed E-state index contributed by atoms with van der Waals surface area (Å²) in [6, 6.07) is 0. The Morgan fingerprint density at radius 2 is 1.41 bits per heavy atom. The van der Waals surface area contributed by atoms with Gasteiger partial charge in [0.25, 0.3) is 0 Å². The van der Waals surface area contributed by atoms with Crippen molar-refractivity contribution >= 4 is 17.7 Å². The molecule has 1 rings (SSSR count). The summed E-state index contributed by atoms with van der Waals surface area (Å²) in [6.45, 7) is 1.66. The molecule has 0 bridgehead atoms. The zero-order valence-corrected chi connectivity index (χ0v) is 17.2. The fraction of sp³-hybridized carbons (Fsp3) is 0.500. The number of amides is 1. The van der Waals surface area contributed by atoms with Crippen LogP contribution in [0.25, 0.3) is 0 Å². The van der Waals surface area contributed by atoms with E-state index in [0.29, 0.717) is 24.0 Å². The molecule has 1 aliphatic carbocycles. The van der Waals surface area contributed by atoms with Crippen molar-refractivity contribution in [1.29, 1.82) is 0 Å². The van der Waals surface area contributed by atoms with Crippen molar-refractivity contribution in [2.75, 3.05) is 20.8 Å². The first-order valence-electron chi connectivity index (χ1n) is 9.39. The Balaban J connectivity index is 2.31. The highest BCUT2D eigenvalue weighted by Crippen LogP contribution is 2.28. The zero-order chi connectivity index (χ0) is 21.6. The number of unbranched alkanes of at least 4 members (excludes halogenated alkanes) is 4. The van der Waals surface area contributed by atoms with Crippen molar-refractivity contribution in [2.24, 2.45) is 5.73 Å². The third kappa shape index (κ3) is 7.75. The third-order valence-corrected chi connectivity index (χ3v) is 4.21. The number of methoxy groups -OCH3 is 2. The quantitative estimate of drug-likeness (QED) is 0.362. The van der Waals surface area contributed by atoms with Gasteiger partial charge in [-0.2, -0.15) is 0 Å². The lowest BCUT2D eigenvalue weighted by Gasteiger charge is -2.20. The van der Waals surface area contributed by atoms with Crippen LogP contribution >= 0.6 is 0 Å². The van der Waals surface area contributed by atoms with Gasteiger partial charge in [-0.25, -0.2) is 4.79 Å². The van der Waals surface area contributed by atoms with E-state index >= 15 is 0 Å². The van der Waals surface area contributed by atoms with Crippen molar-refractivity contribution in [1.82, 2.24) is 0 Å². The molecule has 0 saturated heterocycles. The number of ketones is 2. The van der Waals surface area contributed by atoms with E-state index in [1.807, 2.05) is 0 Å². The van der Waals surface area contributed by atoms with Crippen LogP contribution in [-0.2, 0) is 23.8 Å². The molecule has 0 aromatic heterocycles. The lowest BCUT2D eigenvalue weighted by molar-refractivity contribution is -0.121. The Labute approximate surface area is 171 Å². The van der Waals surface area contributed by atoms with E-state index in [1.54, 1.807) is 6.92 Å². The second-order valence-electron chi connectivity index (χ2n) is 6.20. The van der Waals surface area contributed by atoms with Crippen LogP contribution < -0.4 is 5.73 Å². The van der Waals surface area contributed by atoms with Gasteiger partial charge in [-0.3, -0.25) is 9.59 Å². The predicted octanol–water partition coefficient (Wildman–Crippen LogP) is 2.79. The first-order valence-corrected chi connectivity index (χ1v) is 9.39. The lowest BCUT2D eigenvalue weighted by Crippen LogP contribution is -2.25. The van der Waals surface area contributed by atoms with Crippen LogP contribution in [0.4, 0.5) is 4.79 Å². The summed E-state index contributed by atoms with van der Waals surface area (Å²) in [5.74, 6) is 11.1. The number of ether oxygens (including phenoxy) is 3. The van der Waals surface area contributed by atoms with Gasteiger partial charge in [-0.15, -0.1) is 11.8 Å². The van der Waals surface area contributed by atoms with Gasteiger partial charge in [0.1, 0.15) is 0 Å². The summed E-state index contributed by atoms with van der Waals surface area (Å²) >= 11 is 0. The average Bonchev–Trinajstić information content (AvgIpc) is 2.69. The maximum Gasteiger partial charge on any atom is 0.405 e. The van der Waals surface area contributed by atoms with E-state index < -0.39 is 6.09 Å². The molecule has 7 heteroatoms. The third-order valence-electron chi connectivity index (χ3n) is 4.21. The molecule has 0 aromatic carbocycles.